The zero-order valence-electron chi connectivity index (χ0n) is 16.0. The maximum absolute atomic E-state index is 11.6. The quantitative estimate of drug-likeness (QED) is 0.871. The lowest BCUT2D eigenvalue weighted by Crippen LogP contribution is -2.40. The van der Waals surface area contributed by atoms with Crippen LogP contribution in [0.2, 0.25) is 0 Å². The molecule has 1 aromatic rings. The van der Waals surface area contributed by atoms with E-state index >= 15 is 0 Å². The van der Waals surface area contributed by atoms with E-state index in [0.29, 0.717) is 18.5 Å². The Kier molecular flexibility index (Phi) is 5.32. The number of nitrogens with one attached hydrogen (secondary N) is 1. The van der Waals surface area contributed by atoms with Gasteiger partial charge in [0.05, 0.1) is 18.8 Å². The first kappa shape index (κ1) is 18.2. The highest BCUT2D eigenvalue weighted by Gasteiger charge is 2.29. The number of allylic oxidation sites excluding steroid dienone is 2. The second-order valence-corrected chi connectivity index (χ2v) is 7.06. The summed E-state index contributed by atoms with van der Waals surface area (Å²) in [7, 11) is 0. The van der Waals surface area contributed by atoms with Crippen molar-refractivity contribution in [3.63, 3.8) is 0 Å². The fourth-order valence-corrected chi connectivity index (χ4v) is 3.51. The van der Waals surface area contributed by atoms with Gasteiger partial charge in [-0.2, -0.15) is 0 Å². The van der Waals surface area contributed by atoms with E-state index in [1.807, 2.05) is 58.7 Å². The molecule has 3 aliphatic rings. The lowest BCUT2D eigenvalue weighted by molar-refractivity contribution is -0.127. The lowest BCUT2D eigenvalue weighted by Gasteiger charge is -2.29. The number of amides is 1. The highest BCUT2D eigenvalue weighted by atomic mass is 16.5. The number of carbonyl (C=O) groups excluding carboxylic acids is 1. The molecule has 146 valence electrons. The van der Waals surface area contributed by atoms with Crippen molar-refractivity contribution in [3.05, 3.63) is 61.1 Å². The summed E-state index contributed by atoms with van der Waals surface area (Å²) in [5.41, 5.74) is 4.32. The predicted octanol–water partition coefficient (Wildman–Crippen LogP) is 2.58. The molecular formula is C21H25N5O2. The summed E-state index contributed by atoms with van der Waals surface area (Å²) in [4.78, 5) is 20.0. The molecule has 1 fully saturated rings. The third-order valence-corrected chi connectivity index (χ3v) is 5.05. The molecule has 3 aliphatic heterocycles. The SMILES string of the molecule is CC(=O)N1CCC(N2C=CN=C(Oc3ccc(NN4C=CC=CC4)cc3)C2)C1. The van der Waals surface area contributed by atoms with Crippen LogP contribution >= 0.6 is 0 Å². The van der Waals surface area contributed by atoms with Gasteiger partial charge in [-0.1, -0.05) is 12.2 Å². The Bertz CT molecular complexity index is 828. The van der Waals surface area contributed by atoms with E-state index in [0.717, 1.165) is 37.5 Å². The zero-order chi connectivity index (χ0) is 19.3. The Morgan fingerprint density at radius 1 is 1.21 bits per heavy atom. The number of nitrogens with zero attached hydrogens (tertiary/aromatic N) is 4. The number of ether oxygens (including phenoxy) is 1. The minimum absolute atomic E-state index is 0.137. The Balaban J connectivity index is 1.31. The number of aliphatic imine (C=N–C) groups is 1. The summed E-state index contributed by atoms with van der Waals surface area (Å²) in [5.74, 6) is 1.55. The Labute approximate surface area is 165 Å². The fraction of sp³-hybridized carbons (Fsp3) is 0.333. The first-order valence-electron chi connectivity index (χ1n) is 9.56. The topological polar surface area (TPSA) is 60.4 Å². The molecule has 1 saturated heterocycles. The van der Waals surface area contributed by atoms with E-state index in [-0.39, 0.29) is 5.91 Å². The summed E-state index contributed by atoms with van der Waals surface area (Å²) >= 11 is 0. The standard InChI is InChI=1S/C21H25N5O2/c1-17(27)24-13-9-19(15-24)25-14-10-22-21(16-25)28-20-7-5-18(6-8-20)23-26-11-3-2-4-12-26/h2-8,10-11,14,19,23H,9,12-13,15-16H2,1H3. The Morgan fingerprint density at radius 2 is 2.07 bits per heavy atom. The van der Waals surface area contributed by atoms with Crippen LogP contribution in [0.5, 0.6) is 5.75 Å². The molecule has 0 saturated carbocycles. The molecule has 1 amide bonds. The molecule has 1 unspecified atom stereocenters. The maximum Gasteiger partial charge on any atom is 0.219 e. The van der Waals surface area contributed by atoms with Crippen LogP contribution in [0.1, 0.15) is 13.3 Å². The van der Waals surface area contributed by atoms with Crippen molar-refractivity contribution in [1.29, 1.82) is 0 Å². The fourth-order valence-electron chi connectivity index (χ4n) is 3.51. The summed E-state index contributed by atoms with van der Waals surface area (Å²) in [5, 5.41) is 2.01. The van der Waals surface area contributed by atoms with Crippen LogP contribution in [0, 0.1) is 0 Å². The van der Waals surface area contributed by atoms with Gasteiger partial charge in [0.1, 0.15) is 5.75 Å². The van der Waals surface area contributed by atoms with E-state index in [4.69, 9.17) is 4.74 Å². The van der Waals surface area contributed by atoms with Gasteiger partial charge in [0, 0.05) is 44.7 Å². The summed E-state index contributed by atoms with van der Waals surface area (Å²) in [6.45, 7) is 4.64. The number of hydrogen-bond donors (Lipinski definition) is 1. The molecule has 28 heavy (non-hydrogen) atoms. The molecule has 0 radical (unpaired) electrons. The molecule has 1 aromatic carbocycles. The average Bonchev–Trinajstić information content (AvgIpc) is 3.21. The summed E-state index contributed by atoms with van der Waals surface area (Å²) < 4.78 is 5.97. The van der Waals surface area contributed by atoms with Gasteiger partial charge in [0.15, 0.2) is 0 Å². The van der Waals surface area contributed by atoms with Crippen molar-refractivity contribution in [2.24, 2.45) is 4.99 Å². The van der Waals surface area contributed by atoms with Gasteiger partial charge < -0.3 is 14.5 Å². The van der Waals surface area contributed by atoms with Crippen LogP contribution in [-0.4, -0.2) is 58.8 Å². The number of benzene rings is 1. The molecule has 0 bridgehead atoms. The third kappa shape index (κ3) is 4.36. The van der Waals surface area contributed by atoms with Gasteiger partial charge in [0.2, 0.25) is 11.8 Å². The molecule has 7 nitrogen and oxygen atoms in total. The molecule has 1 atom stereocenters. The van der Waals surface area contributed by atoms with Crippen molar-refractivity contribution >= 4 is 17.5 Å². The zero-order valence-corrected chi connectivity index (χ0v) is 16.0. The van der Waals surface area contributed by atoms with E-state index < -0.39 is 0 Å². The maximum atomic E-state index is 11.6. The number of rotatable bonds is 4. The third-order valence-electron chi connectivity index (χ3n) is 5.05. The Hall–Kier alpha value is -3.22. The van der Waals surface area contributed by atoms with Gasteiger partial charge in [-0.15, -0.1) is 0 Å². The number of anilines is 1. The Morgan fingerprint density at radius 3 is 2.79 bits per heavy atom. The van der Waals surface area contributed by atoms with Crippen LogP contribution in [0.3, 0.4) is 0 Å². The van der Waals surface area contributed by atoms with Crippen molar-refractivity contribution in [1.82, 2.24) is 14.8 Å². The van der Waals surface area contributed by atoms with E-state index in [9.17, 15) is 4.79 Å². The second-order valence-electron chi connectivity index (χ2n) is 7.06. The molecule has 1 N–H and O–H groups in total. The van der Waals surface area contributed by atoms with Crippen molar-refractivity contribution in [3.8, 4) is 5.75 Å². The number of hydrogen-bond acceptors (Lipinski definition) is 6. The normalized spacial score (nSPS) is 21.1. The van der Waals surface area contributed by atoms with Crippen LogP contribution < -0.4 is 10.2 Å². The molecule has 0 aromatic heterocycles. The van der Waals surface area contributed by atoms with Gasteiger partial charge in [-0.05, 0) is 36.8 Å². The van der Waals surface area contributed by atoms with Gasteiger partial charge in [-0.3, -0.25) is 15.2 Å². The molecule has 4 rings (SSSR count). The van der Waals surface area contributed by atoms with Gasteiger partial charge in [0.25, 0.3) is 0 Å². The number of carbonyl (C=O) groups is 1. The molecule has 0 aliphatic carbocycles. The minimum atomic E-state index is 0.137. The lowest BCUT2D eigenvalue weighted by atomic mass is 10.2. The molecular weight excluding hydrogens is 354 g/mol. The van der Waals surface area contributed by atoms with Crippen LogP contribution in [-0.2, 0) is 4.79 Å². The van der Waals surface area contributed by atoms with Crippen LogP contribution in [0.25, 0.3) is 0 Å². The van der Waals surface area contributed by atoms with E-state index in [1.54, 1.807) is 13.1 Å². The largest absolute Gasteiger partial charge is 0.441 e. The molecule has 0 spiro atoms. The monoisotopic (exact) mass is 379 g/mol. The van der Waals surface area contributed by atoms with Crippen LogP contribution in [0.4, 0.5) is 5.69 Å². The molecule has 3 heterocycles. The first-order chi connectivity index (χ1) is 13.7. The second kappa shape index (κ2) is 8.21. The number of likely N-dealkylation sites (tertiary alicyclic amines) is 1. The average molecular weight is 379 g/mol. The van der Waals surface area contributed by atoms with E-state index in [1.165, 1.54) is 0 Å². The highest BCUT2D eigenvalue weighted by Crippen LogP contribution is 2.20. The van der Waals surface area contributed by atoms with E-state index in [2.05, 4.69) is 21.4 Å². The molecule has 7 heteroatoms. The first-order valence-corrected chi connectivity index (χ1v) is 9.56. The van der Waals surface area contributed by atoms with Crippen molar-refractivity contribution in [2.75, 3.05) is 31.6 Å². The number of hydrazine groups is 1. The summed E-state index contributed by atoms with van der Waals surface area (Å²) in [6.07, 6.45) is 12.8. The van der Waals surface area contributed by atoms with Gasteiger partial charge in [-0.25, -0.2) is 4.99 Å². The smallest absolute Gasteiger partial charge is 0.219 e. The van der Waals surface area contributed by atoms with Crippen LogP contribution in [0.15, 0.2) is 66.1 Å². The van der Waals surface area contributed by atoms with Crippen molar-refractivity contribution < 1.29 is 9.53 Å². The predicted molar refractivity (Wildman–Crippen MR) is 110 cm³/mol. The minimum Gasteiger partial charge on any atom is -0.441 e. The van der Waals surface area contributed by atoms with Crippen molar-refractivity contribution in [2.45, 2.75) is 19.4 Å². The summed E-state index contributed by atoms with van der Waals surface area (Å²) in [6, 6.07) is 8.15. The highest BCUT2D eigenvalue weighted by molar-refractivity contribution is 5.82. The van der Waals surface area contributed by atoms with Gasteiger partial charge >= 0.3 is 0 Å².